The number of carbonyl (C=O) groups excluding carboxylic acids is 2. The number of carboxylic acid groups (broad SMARTS) is 1. The van der Waals surface area contributed by atoms with E-state index in [2.05, 4.69) is 15.2 Å². The van der Waals surface area contributed by atoms with Gasteiger partial charge in [-0.3, -0.25) is 9.59 Å². The Labute approximate surface area is 221 Å². The Morgan fingerprint density at radius 1 is 1.00 bits per heavy atom. The second-order valence-corrected chi connectivity index (χ2v) is 9.87. The monoisotopic (exact) mass is 514 g/mol. The summed E-state index contributed by atoms with van der Waals surface area (Å²) in [6.07, 6.45) is 1.58. The molecule has 0 radical (unpaired) electrons. The smallest absolute Gasteiger partial charge is 0.326 e. The topological polar surface area (TPSA) is 112 Å². The largest absolute Gasteiger partial charge is 0.480 e. The molecule has 1 aromatic heterocycles. The van der Waals surface area contributed by atoms with Crippen LogP contribution in [0.25, 0.3) is 11.1 Å². The van der Waals surface area contributed by atoms with Gasteiger partial charge in [-0.1, -0.05) is 38.1 Å². The number of carboxylic acids is 1. The predicted molar refractivity (Wildman–Crippen MR) is 143 cm³/mol. The summed E-state index contributed by atoms with van der Waals surface area (Å²) in [5.41, 5.74) is 4.18. The SMILES string of the molecule is CC(C)[C@@H](C(=O)O)N1Cc2ccc(-c3ccc(NC(=O)c4ccc(N5CCOCC5)nc4)cc3)cc2C1=O. The Morgan fingerprint density at radius 2 is 1.71 bits per heavy atom. The fourth-order valence-corrected chi connectivity index (χ4v) is 4.96. The molecule has 0 unspecified atom stereocenters. The minimum Gasteiger partial charge on any atom is -0.480 e. The molecular weight excluding hydrogens is 484 g/mol. The molecule has 38 heavy (non-hydrogen) atoms. The molecular formula is C29H30N4O5. The van der Waals surface area contributed by atoms with E-state index >= 15 is 0 Å². The number of anilines is 2. The molecule has 5 rings (SSSR count). The fraction of sp³-hybridized carbons (Fsp3) is 0.310. The van der Waals surface area contributed by atoms with Crippen LogP contribution in [0.15, 0.2) is 60.8 Å². The van der Waals surface area contributed by atoms with Crippen molar-refractivity contribution in [2.45, 2.75) is 26.4 Å². The van der Waals surface area contributed by atoms with Gasteiger partial charge >= 0.3 is 5.97 Å². The summed E-state index contributed by atoms with van der Waals surface area (Å²) < 4.78 is 5.37. The van der Waals surface area contributed by atoms with E-state index in [0.717, 1.165) is 35.6 Å². The highest BCUT2D eigenvalue weighted by molar-refractivity contribution is 6.04. The maximum Gasteiger partial charge on any atom is 0.326 e. The highest BCUT2D eigenvalue weighted by Crippen LogP contribution is 2.31. The third-order valence-corrected chi connectivity index (χ3v) is 6.98. The Kier molecular flexibility index (Phi) is 7.11. The maximum atomic E-state index is 13.1. The van der Waals surface area contributed by atoms with Gasteiger partial charge in [-0.25, -0.2) is 9.78 Å². The van der Waals surface area contributed by atoms with Crippen LogP contribution < -0.4 is 10.2 Å². The van der Waals surface area contributed by atoms with Crippen LogP contribution in [0.1, 0.15) is 40.1 Å². The summed E-state index contributed by atoms with van der Waals surface area (Å²) in [6, 6.07) is 15.7. The Bertz CT molecular complexity index is 1350. The number of fused-ring (bicyclic) bond motifs is 1. The molecule has 1 fully saturated rings. The van der Waals surface area contributed by atoms with Crippen molar-refractivity contribution in [1.82, 2.24) is 9.88 Å². The van der Waals surface area contributed by atoms with Gasteiger partial charge in [0.1, 0.15) is 11.9 Å². The van der Waals surface area contributed by atoms with Gasteiger partial charge in [0, 0.05) is 37.1 Å². The highest BCUT2D eigenvalue weighted by Gasteiger charge is 2.38. The number of ether oxygens (including phenoxy) is 1. The minimum atomic E-state index is -0.997. The second kappa shape index (κ2) is 10.6. The van der Waals surface area contributed by atoms with Crippen molar-refractivity contribution in [3.63, 3.8) is 0 Å². The summed E-state index contributed by atoms with van der Waals surface area (Å²) in [6.45, 7) is 6.80. The zero-order valence-electron chi connectivity index (χ0n) is 21.4. The van der Waals surface area contributed by atoms with Crippen LogP contribution in [0.3, 0.4) is 0 Å². The quantitative estimate of drug-likeness (QED) is 0.492. The lowest BCUT2D eigenvalue weighted by atomic mass is 10.00. The lowest BCUT2D eigenvalue weighted by Crippen LogP contribution is -2.44. The number of aliphatic carboxylic acids is 1. The average Bonchev–Trinajstić information content (AvgIpc) is 3.24. The van der Waals surface area contributed by atoms with Crippen molar-refractivity contribution >= 4 is 29.3 Å². The van der Waals surface area contributed by atoms with E-state index in [1.54, 1.807) is 26.1 Å². The number of benzene rings is 2. The molecule has 196 valence electrons. The molecule has 0 bridgehead atoms. The van der Waals surface area contributed by atoms with Gasteiger partial charge in [0.05, 0.1) is 18.8 Å². The van der Waals surface area contributed by atoms with E-state index in [0.29, 0.717) is 30.0 Å². The summed E-state index contributed by atoms with van der Waals surface area (Å²) in [5.74, 6) is -0.887. The minimum absolute atomic E-state index is 0.202. The van der Waals surface area contributed by atoms with E-state index in [9.17, 15) is 19.5 Å². The van der Waals surface area contributed by atoms with Crippen molar-refractivity contribution in [2.24, 2.45) is 5.92 Å². The predicted octanol–water partition coefficient (Wildman–Crippen LogP) is 3.90. The van der Waals surface area contributed by atoms with Gasteiger partial charge < -0.3 is 25.0 Å². The number of nitrogens with one attached hydrogen (secondary N) is 1. The number of pyridine rings is 1. The molecule has 9 nitrogen and oxygen atoms in total. The summed E-state index contributed by atoms with van der Waals surface area (Å²) >= 11 is 0. The molecule has 2 aliphatic rings. The molecule has 2 N–H and O–H groups in total. The average molecular weight is 515 g/mol. The molecule has 3 aromatic rings. The molecule has 1 saturated heterocycles. The van der Waals surface area contributed by atoms with Crippen LogP contribution in [-0.2, 0) is 16.1 Å². The number of nitrogens with zero attached hydrogens (tertiary/aromatic N) is 3. The number of morpholine rings is 1. The van der Waals surface area contributed by atoms with Crippen LogP contribution in [0.4, 0.5) is 11.5 Å². The first kappa shape index (κ1) is 25.4. The molecule has 1 atom stereocenters. The first-order valence-corrected chi connectivity index (χ1v) is 12.7. The van der Waals surface area contributed by atoms with E-state index in [1.165, 1.54) is 4.90 Å². The molecule has 0 saturated carbocycles. The number of carbonyl (C=O) groups is 3. The lowest BCUT2D eigenvalue weighted by Gasteiger charge is -2.27. The van der Waals surface area contributed by atoms with Crippen molar-refractivity contribution in [3.05, 3.63) is 77.5 Å². The standard InChI is InChI=1S/C29H30N4O5/c1-18(2)26(29(36)37)33-17-22-4-3-20(15-24(22)28(33)35)19-5-8-23(9-6-19)31-27(34)21-7-10-25(30-16-21)32-11-13-38-14-12-32/h3-10,15-16,18,26H,11-14,17H2,1-2H3,(H,31,34)(H,36,37)/t26-/m0/s1. The Hall–Kier alpha value is -4.24. The first-order chi connectivity index (χ1) is 18.3. The molecule has 0 aliphatic carbocycles. The maximum absolute atomic E-state index is 13.1. The molecule has 2 aliphatic heterocycles. The van der Waals surface area contributed by atoms with Gasteiger partial charge in [-0.2, -0.15) is 0 Å². The van der Waals surface area contributed by atoms with Crippen LogP contribution in [0, 0.1) is 5.92 Å². The van der Waals surface area contributed by atoms with Gasteiger partial charge in [-0.15, -0.1) is 0 Å². The van der Waals surface area contributed by atoms with Crippen LogP contribution in [-0.4, -0.2) is 65.1 Å². The summed E-state index contributed by atoms with van der Waals surface area (Å²) in [5, 5.41) is 12.5. The molecule has 2 amide bonds. The number of aromatic nitrogens is 1. The van der Waals surface area contributed by atoms with Gasteiger partial charge in [0.25, 0.3) is 11.8 Å². The fourth-order valence-electron chi connectivity index (χ4n) is 4.96. The summed E-state index contributed by atoms with van der Waals surface area (Å²) in [4.78, 5) is 45.5. The lowest BCUT2D eigenvalue weighted by molar-refractivity contribution is -0.144. The number of hydrogen-bond acceptors (Lipinski definition) is 6. The van der Waals surface area contributed by atoms with Crippen LogP contribution in [0.2, 0.25) is 0 Å². The molecule has 9 heteroatoms. The zero-order chi connectivity index (χ0) is 26.8. The van der Waals surface area contributed by atoms with Crippen molar-refractivity contribution in [2.75, 3.05) is 36.5 Å². The second-order valence-electron chi connectivity index (χ2n) is 9.87. The van der Waals surface area contributed by atoms with E-state index < -0.39 is 12.0 Å². The van der Waals surface area contributed by atoms with E-state index in [-0.39, 0.29) is 24.3 Å². The summed E-state index contributed by atoms with van der Waals surface area (Å²) in [7, 11) is 0. The van der Waals surface area contributed by atoms with Gasteiger partial charge in [0.15, 0.2) is 0 Å². The molecule has 2 aromatic carbocycles. The number of hydrogen-bond donors (Lipinski definition) is 2. The third kappa shape index (κ3) is 5.10. The van der Waals surface area contributed by atoms with Gasteiger partial charge in [-0.05, 0) is 52.9 Å². The van der Waals surface area contributed by atoms with Crippen molar-refractivity contribution in [3.8, 4) is 11.1 Å². The number of rotatable bonds is 7. The normalized spacial score (nSPS) is 15.9. The van der Waals surface area contributed by atoms with Crippen molar-refractivity contribution in [1.29, 1.82) is 0 Å². The van der Waals surface area contributed by atoms with E-state index in [4.69, 9.17) is 4.74 Å². The molecule has 3 heterocycles. The third-order valence-electron chi connectivity index (χ3n) is 6.98. The molecule has 0 spiro atoms. The first-order valence-electron chi connectivity index (χ1n) is 12.7. The Balaban J connectivity index is 1.26. The van der Waals surface area contributed by atoms with E-state index in [1.807, 2.05) is 48.5 Å². The highest BCUT2D eigenvalue weighted by atomic mass is 16.5. The number of amides is 2. The Morgan fingerprint density at radius 3 is 2.34 bits per heavy atom. The zero-order valence-corrected chi connectivity index (χ0v) is 21.4. The van der Waals surface area contributed by atoms with Crippen LogP contribution in [0.5, 0.6) is 0 Å². The van der Waals surface area contributed by atoms with Crippen LogP contribution >= 0.6 is 0 Å². The van der Waals surface area contributed by atoms with Gasteiger partial charge in [0.2, 0.25) is 0 Å². The van der Waals surface area contributed by atoms with Crippen molar-refractivity contribution < 1.29 is 24.2 Å².